The molecule has 0 radical (unpaired) electrons. The van der Waals surface area contributed by atoms with Crippen molar-refractivity contribution in [3.63, 3.8) is 0 Å². The average Bonchev–Trinajstić information content (AvgIpc) is 3.68. The predicted molar refractivity (Wildman–Crippen MR) is 127 cm³/mol. The molecule has 0 saturated carbocycles. The maximum Gasteiger partial charge on any atom is 0.266 e. The Morgan fingerprint density at radius 2 is 1.97 bits per heavy atom. The van der Waals surface area contributed by atoms with Crippen molar-refractivity contribution in [3.8, 4) is 29.2 Å². The van der Waals surface area contributed by atoms with Gasteiger partial charge in [-0.25, -0.2) is 0 Å². The second-order valence-electron chi connectivity index (χ2n) is 8.82. The van der Waals surface area contributed by atoms with Crippen LogP contribution in [0.1, 0.15) is 43.0 Å². The van der Waals surface area contributed by atoms with Crippen molar-refractivity contribution in [2.24, 2.45) is 5.92 Å². The summed E-state index contributed by atoms with van der Waals surface area (Å²) in [7, 11) is 3.27. The van der Waals surface area contributed by atoms with Gasteiger partial charge >= 0.3 is 0 Å². The quantitative estimate of drug-likeness (QED) is 0.515. The molecule has 5 rings (SSSR count). The van der Waals surface area contributed by atoms with Crippen molar-refractivity contribution in [1.82, 2.24) is 9.88 Å². The number of furan rings is 1. The van der Waals surface area contributed by atoms with Crippen LogP contribution in [-0.2, 0) is 4.79 Å². The van der Waals surface area contributed by atoms with E-state index in [-0.39, 0.29) is 29.5 Å². The number of amides is 1. The summed E-state index contributed by atoms with van der Waals surface area (Å²) < 4.78 is 22.2. The largest absolute Gasteiger partial charge is 0.497 e. The third-order valence-electron chi connectivity index (χ3n) is 6.91. The van der Waals surface area contributed by atoms with Gasteiger partial charge in [-0.15, -0.1) is 0 Å². The molecule has 1 aromatic carbocycles. The Morgan fingerprint density at radius 3 is 2.66 bits per heavy atom. The predicted octanol–water partition coefficient (Wildman–Crippen LogP) is 4.40. The van der Waals surface area contributed by atoms with Crippen molar-refractivity contribution >= 4 is 11.8 Å². The van der Waals surface area contributed by atoms with Gasteiger partial charge in [0.15, 0.2) is 5.76 Å². The molecule has 1 atom stereocenters. The van der Waals surface area contributed by atoms with Gasteiger partial charge in [-0.05, 0) is 49.9 Å². The number of carbonyl (C=O) groups is 1. The normalized spacial score (nSPS) is 18.5. The number of nitriles is 1. The van der Waals surface area contributed by atoms with E-state index in [9.17, 15) is 10.1 Å². The summed E-state index contributed by atoms with van der Waals surface area (Å²) in [5, 5.41) is 9.55. The van der Waals surface area contributed by atoms with Crippen LogP contribution in [0, 0.1) is 17.2 Å². The SMILES string of the molecule is COc1ccc(C2CCCN2C(=O)C2CCN(c3oc(-c4ccco4)nc3C#N)CC2)c(OC)c1. The van der Waals surface area contributed by atoms with Crippen LogP contribution in [0.25, 0.3) is 11.7 Å². The van der Waals surface area contributed by atoms with Crippen LogP contribution in [0.5, 0.6) is 11.5 Å². The first-order valence-electron chi connectivity index (χ1n) is 11.8. The highest BCUT2D eigenvalue weighted by Crippen LogP contribution is 2.40. The zero-order valence-electron chi connectivity index (χ0n) is 19.9. The summed E-state index contributed by atoms with van der Waals surface area (Å²) in [6.45, 7) is 1.97. The molecule has 0 N–H and O–H groups in total. The molecule has 1 unspecified atom stereocenters. The molecule has 2 aromatic heterocycles. The summed E-state index contributed by atoms with van der Waals surface area (Å²) in [5.41, 5.74) is 1.25. The Hall–Kier alpha value is -3.93. The molecule has 1 amide bonds. The molecule has 182 valence electrons. The minimum absolute atomic E-state index is 0.00305. The number of hydrogen-bond donors (Lipinski definition) is 0. The highest BCUT2D eigenvalue weighted by molar-refractivity contribution is 5.80. The number of nitrogens with zero attached hydrogens (tertiary/aromatic N) is 4. The van der Waals surface area contributed by atoms with Crippen molar-refractivity contribution in [2.45, 2.75) is 31.7 Å². The van der Waals surface area contributed by atoms with Gasteiger partial charge in [0.25, 0.3) is 5.89 Å². The van der Waals surface area contributed by atoms with E-state index < -0.39 is 0 Å². The van der Waals surface area contributed by atoms with Crippen LogP contribution in [0.15, 0.2) is 45.4 Å². The molecule has 3 aromatic rings. The van der Waals surface area contributed by atoms with E-state index in [0.717, 1.165) is 36.4 Å². The molecule has 4 heterocycles. The van der Waals surface area contributed by atoms with E-state index in [4.69, 9.17) is 18.3 Å². The van der Waals surface area contributed by atoms with Crippen LogP contribution in [0.4, 0.5) is 5.88 Å². The number of benzene rings is 1. The Morgan fingerprint density at radius 1 is 1.14 bits per heavy atom. The zero-order valence-corrected chi connectivity index (χ0v) is 19.9. The number of methoxy groups -OCH3 is 2. The van der Waals surface area contributed by atoms with E-state index in [1.165, 1.54) is 6.26 Å². The minimum Gasteiger partial charge on any atom is -0.497 e. The lowest BCUT2D eigenvalue weighted by Gasteiger charge is -2.35. The van der Waals surface area contributed by atoms with Crippen LogP contribution >= 0.6 is 0 Å². The van der Waals surface area contributed by atoms with Crippen molar-refractivity contribution in [3.05, 3.63) is 47.9 Å². The third kappa shape index (κ3) is 4.32. The standard InChI is InChI=1S/C26H28N4O5/c1-32-18-7-8-19(23(15-18)33-2)21-5-3-11-30(21)25(31)17-9-12-29(13-10-17)26-20(16-27)28-24(35-26)22-6-4-14-34-22/h4,6-8,14-15,17,21H,3,5,9-13H2,1-2H3. The number of rotatable bonds is 6. The number of hydrogen-bond acceptors (Lipinski definition) is 8. The van der Waals surface area contributed by atoms with Gasteiger partial charge in [-0.2, -0.15) is 10.2 Å². The van der Waals surface area contributed by atoms with E-state index >= 15 is 0 Å². The molecule has 9 nitrogen and oxygen atoms in total. The average molecular weight is 477 g/mol. The molecule has 2 fully saturated rings. The highest BCUT2D eigenvalue weighted by atomic mass is 16.5. The molecule has 2 aliphatic rings. The molecule has 0 spiro atoms. The van der Waals surface area contributed by atoms with Crippen molar-refractivity contribution < 1.29 is 23.1 Å². The number of carbonyl (C=O) groups excluding carboxylic acids is 1. The van der Waals surface area contributed by atoms with Crippen LogP contribution in [0.2, 0.25) is 0 Å². The number of piperidine rings is 1. The van der Waals surface area contributed by atoms with E-state index in [1.54, 1.807) is 26.4 Å². The monoisotopic (exact) mass is 476 g/mol. The molecule has 0 aliphatic carbocycles. The van der Waals surface area contributed by atoms with Gasteiger partial charge in [0.05, 0.1) is 26.5 Å². The smallest absolute Gasteiger partial charge is 0.266 e. The topological polar surface area (TPSA) is 105 Å². The van der Waals surface area contributed by atoms with Crippen LogP contribution < -0.4 is 14.4 Å². The number of oxazole rings is 1. The number of likely N-dealkylation sites (tertiary alicyclic amines) is 1. The first-order valence-corrected chi connectivity index (χ1v) is 11.8. The summed E-state index contributed by atoms with van der Waals surface area (Å²) in [5.74, 6) is 2.78. The molecule has 2 aliphatic heterocycles. The number of aromatic nitrogens is 1. The molecular formula is C26H28N4O5. The van der Waals surface area contributed by atoms with Crippen molar-refractivity contribution in [2.75, 3.05) is 38.8 Å². The maximum atomic E-state index is 13.6. The van der Waals surface area contributed by atoms with Gasteiger partial charge < -0.3 is 28.1 Å². The lowest BCUT2D eigenvalue weighted by Crippen LogP contribution is -2.42. The molecule has 35 heavy (non-hydrogen) atoms. The molecule has 0 bridgehead atoms. The fraction of sp³-hybridized carbons (Fsp3) is 0.423. The molecule has 9 heteroatoms. The molecular weight excluding hydrogens is 448 g/mol. The lowest BCUT2D eigenvalue weighted by molar-refractivity contribution is -0.137. The van der Waals surface area contributed by atoms with Crippen LogP contribution in [-0.4, -0.2) is 49.6 Å². The number of ether oxygens (including phenoxy) is 2. The Kier molecular flexibility index (Phi) is 6.36. The Bertz CT molecular complexity index is 1220. The van der Waals surface area contributed by atoms with Gasteiger partial charge in [0.2, 0.25) is 17.5 Å². The maximum absolute atomic E-state index is 13.6. The summed E-state index contributed by atoms with van der Waals surface area (Å²) in [4.78, 5) is 21.9. The van der Waals surface area contributed by atoms with Gasteiger partial charge in [-0.3, -0.25) is 4.79 Å². The highest BCUT2D eigenvalue weighted by Gasteiger charge is 2.37. The zero-order chi connectivity index (χ0) is 24.4. The van der Waals surface area contributed by atoms with E-state index in [0.29, 0.717) is 37.6 Å². The van der Waals surface area contributed by atoms with Gasteiger partial charge in [-0.1, -0.05) is 0 Å². The Balaban J connectivity index is 1.28. The van der Waals surface area contributed by atoms with E-state index in [2.05, 4.69) is 11.1 Å². The third-order valence-corrected chi connectivity index (χ3v) is 6.91. The van der Waals surface area contributed by atoms with Crippen LogP contribution in [0.3, 0.4) is 0 Å². The minimum atomic E-state index is -0.0749. The van der Waals surface area contributed by atoms with Crippen molar-refractivity contribution in [1.29, 1.82) is 5.26 Å². The number of anilines is 1. The summed E-state index contributed by atoms with van der Waals surface area (Å²) >= 11 is 0. The fourth-order valence-corrected chi connectivity index (χ4v) is 5.12. The Labute approximate surface area is 203 Å². The first-order chi connectivity index (χ1) is 17.1. The van der Waals surface area contributed by atoms with E-state index in [1.807, 2.05) is 28.0 Å². The second-order valence-corrected chi connectivity index (χ2v) is 8.82. The summed E-state index contributed by atoms with van der Waals surface area (Å²) in [6.07, 6.45) is 4.78. The summed E-state index contributed by atoms with van der Waals surface area (Å²) in [6, 6.07) is 11.4. The lowest BCUT2D eigenvalue weighted by atomic mass is 9.94. The fourth-order valence-electron chi connectivity index (χ4n) is 5.12. The van der Waals surface area contributed by atoms with Gasteiger partial charge in [0, 0.05) is 37.2 Å². The first kappa shape index (κ1) is 22.8. The van der Waals surface area contributed by atoms with Gasteiger partial charge in [0.1, 0.15) is 17.6 Å². The second kappa shape index (κ2) is 9.74. The molecule has 2 saturated heterocycles.